The smallest absolute Gasteiger partial charge is 0.260 e. The van der Waals surface area contributed by atoms with E-state index in [9.17, 15) is 4.79 Å². The number of rotatable bonds is 11. The summed E-state index contributed by atoms with van der Waals surface area (Å²) in [6.45, 7) is 6.61. The number of carbonyl (C=O) groups is 1. The first-order valence-corrected chi connectivity index (χ1v) is 10.9. The summed E-state index contributed by atoms with van der Waals surface area (Å²) in [7, 11) is 3.25. The van der Waals surface area contributed by atoms with Crippen LogP contribution in [0.25, 0.3) is 11.6 Å². The number of methoxy groups -OCH3 is 2. The summed E-state index contributed by atoms with van der Waals surface area (Å²) in [6, 6.07) is 14.0. The number of anilines is 1. The van der Waals surface area contributed by atoms with Crippen LogP contribution in [0.2, 0.25) is 0 Å². The number of carbonyl (C=O) groups excluding carboxylic acids is 1. The third-order valence-corrected chi connectivity index (χ3v) is 5.62. The lowest BCUT2D eigenvalue weighted by Crippen LogP contribution is -2.39. The van der Waals surface area contributed by atoms with E-state index in [2.05, 4.69) is 24.5 Å². The molecule has 1 aliphatic rings. The SMILES string of the molecule is CCNC(CC)CCNCN1C(=O)/C(=C/c2cc(OC)ccc2OC)c2ccccc21. The third kappa shape index (κ3) is 5.27. The van der Waals surface area contributed by atoms with Gasteiger partial charge in [0.1, 0.15) is 11.5 Å². The number of benzene rings is 2. The van der Waals surface area contributed by atoms with Crippen molar-refractivity contribution >= 4 is 23.2 Å². The van der Waals surface area contributed by atoms with Crippen LogP contribution in [0.4, 0.5) is 5.69 Å². The number of amides is 1. The Kier molecular flexibility index (Phi) is 8.09. The summed E-state index contributed by atoms with van der Waals surface area (Å²) in [5.74, 6) is 1.40. The van der Waals surface area contributed by atoms with E-state index in [0.717, 1.165) is 48.5 Å². The van der Waals surface area contributed by atoms with Gasteiger partial charge in [-0.2, -0.15) is 0 Å². The lowest BCUT2D eigenvalue weighted by molar-refractivity contribution is -0.113. The molecule has 0 saturated heterocycles. The van der Waals surface area contributed by atoms with E-state index in [-0.39, 0.29) is 5.91 Å². The standard InChI is InChI=1S/C25H33N3O3/c1-5-19(27-6-2)13-14-26-17-28-23-10-8-7-9-21(23)22(25(28)29)16-18-15-20(30-3)11-12-24(18)31-4/h7-12,15-16,19,26-27H,5-6,13-14,17H2,1-4H3/b22-16+. The molecule has 0 spiro atoms. The first-order valence-electron chi connectivity index (χ1n) is 10.9. The summed E-state index contributed by atoms with van der Waals surface area (Å²) in [4.78, 5) is 15.1. The minimum absolute atomic E-state index is 0.0164. The molecule has 0 aromatic heterocycles. The molecular formula is C25H33N3O3. The summed E-state index contributed by atoms with van der Waals surface area (Å²) >= 11 is 0. The molecule has 1 amide bonds. The fourth-order valence-corrected chi connectivity index (χ4v) is 3.92. The highest BCUT2D eigenvalue weighted by Gasteiger charge is 2.32. The molecule has 0 aliphatic carbocycles. The van der Waals surface area contributed by atoms with Gasteiger partial charge in [0.25, 0.3) is 5.91 Å². The van der Waals surface area contributed by atoms with Crippen LogP contribution >= 0.6 is 0 Å². The van der Waals surface area contributed by atoms with E-state index in [1.165, 1.54) is 0 Å². The van der Waals surface area contributed by atoms with Gasteiger partial charge < -0.3 is 14.8 Å². The van der Waals surface area contributed by atoms with Crippen LogP contribution in [0.1, 0.15) is 37.8 Å². The van der Waals surface area contributed by atoms with E-state index in [1.807, 2.05) is 53.4 Å². The molecule has 0 radical (unpaired) electrons. The maximum absolute atomic E-state index is 13.3. The van der Waals surface area contributed by atoms with Crippen LogP contribution in [0.5, 0.6) is 11.5 Å². The zero-order chi connectivity index (χ0) is 22.2. The van der Waals surface area contributed by atoms with Gasteiger partial charge in [-0.05, 0) is 56.3 Å². The van der Waals surface area contributed by atoms with Crippen molar-refractivity contribution < 1.29 is 14.3 Å². The third-order valence-electron chi connectivity index (χ3n) is 5.62. The number of nitrogens with one attached hydrogen (secondary N) is 2. The van der Waals surface area contributed by atoms with Crippen LogP contribution in [0.15, 0.2) is 42.5 Å². The van der Waals surface area contributed by atoms with Gasteiger partial charge in [-0.15, -0.1) is 0 Å². The molecule has 2 N–H and O–H groups in total. The van der Waals surface area contributed by atoms with Crippen LogP contribution in [0.3, 0.4) is 0 Å². The van der Waals surface area contributed by atoms with Gasteiger partial charge in [0.05, 0.1) is 26.6 Å². The van der Waals surface area contributed by atoms with Crippen LogP contribution < -0.4 is 25.0 Å². The van der Waals surface area contributed by atoms with Crippen molar-refractivity contribution in [3.8, 4) is 11.5 Å². The highest BCUT2D eigenvalue weighted by atomic mass is 16.5. The molecule has 6 heteroatoms. The predicted octanol–water partition coefficient (Wildman–Crippen LogP) is 3.92. The zero-order valence-electron chi connectivity index (χ0n) is 18.9. The van der Waals surface area contributed by atoms with Crippen molar-refractivity contribution in [2.24, 2.45) is 0 Å². The molecule has 1 heterocycles. The Morgan fingerprint density at radius 1 is 1.10 bits per heavy atom. The van der Waals surface area contributed by atoms with Crippen LogP contribution in [-0.4, -0.2) is 45.9 Å². The molecule has 1 unspecified atom stereocenters. The Bertz CT molecular complexity index is 926. The van der Waals surface area contributed by atoms with Gasteiger partial charge >= 0.3 is 0 Å². The molecular weight excluding hydrogens is 390 g/mol. The van der Waals surface area contributed by atoms with Crippen molar-refractivity contribution in [2.45, 2.75) is 32.7 Å². The highest BCUT2D eigenvalue weighted by molar-refractivity contribution is 6.35. The van der Waals surface area contributed by atoms with E-state index >= 15 is 0 Å². The van der Waals surface area contributed by atoms with Gasteiger partial charge in [-0.25, -0.2) is 0 Å². The summed E-state index contributed by atoms with van der Waals surface area (Å²) in [6.07, 6.45) is 4.01. The van der Waals surface area contributed by atoms with Gasteiger partial charge in [-0.1, -0.05) is 32.0 Å². The molecule has 0 saturated carbocycles. The Morgan fingerprint density at radius 3 is 2.61 bits per heavy atom. The van der Waals surface area contributed by atoms with E-state index < -0.39 is 0 Å². The summed E-state index contributed by atoms with van der Waals surface area (Å²) in [5.41, 5.74) is 3.32. The molecule has 3 rings (SSSR count). The fraction of sp³-hybridized carbons (Fsp3) is 0.400. The van der Waals surface area contributed by atoms with E-state index in [0.29, 0.717) is 24.0 Å². The summed E-state index contributed by atoms with van der Waals surface area (Å²) in [5, 5.41) is 6.93. The largest absolute Gasteiger partial charge is 0.497 e. The van der Waals surface area contributed by atoms with Crippen molar-refractivity contribution in [3.63, 3.8) is 0 Å². The van der Waals surface area contributed by atoms with Gasteiger partial charge in [0, 0.05) is 22.7 Å². The molecule has 1 aliphatic heterocycles. The second kappa shape index (κ2) is 11.0. The number of hydrogen-bond acceptors (Lipinski definition) is 5. The number of fused-ring (bicyclic) bond motifs is 1. The second-order valence-electron chi connectivity index (χ2n) is 7.53. The van der Waals surface area contributed by atoms with Gasteiger partial charge in [-0.3, -0.25) is 15.0 Å². The molecule has 166 valence electrons. The number of para-hydroxylation sites is 1. The normalized spacial score (nSPS) is 15.3. The predicted molar refractivity (Wildman–Crippen MR) is 127 cm³/mol. The molecule has 0 fully saturated rings. The Hall–Kier alpha value is -2.83. The minimum atomic E-state index is -0.0164. The number of hydrogen-bond donors (Lipinski definition) is 2. The second-order valence-corrected chi connectivity index (χ2v) is 7.53. The van der Waals surface area contributed by atoms with Crippen molar-refractivity contribution in [1.82, 2.24) is 10.6 Å². The van der Waals surface area contributed by atoms with Gasteiger partial charge in [0.15, 0.2) is 0 Å². The van der Waals surface area contributed by atoms with Gasteiger partial charge in [0.2, 0.25) is 0 Å². The van der Waals surface area contributed by atoms with E-state index in [4.69, 9.17) is 9.47 Å². The molecule has 0 bridgehead atoms. The zero-order valence-corrected chi connectivity index (χ0v) is 18.9. The molecule has 6 nitrogen and oxygen atoms in total. The summed E-state index contributed by atoms with van der Waals surface area (Å²) < 4.78 is 10.8. The van der Waals surface area contributed by atoms with Crippen molar-refractivity contribution in [3.05, 3.63) is 53.6 Å². The van der Waals surface area contributed by atoms with E-state index in [1.54, 1.807) is 14.2 Å². The Labute approximate surface area is 185 Å². The first-order chi connectivity index (χ1) is 15.1. The molecule has 1 atom stereocenters. The number of nitrogens with zero attached hydrogens (tertiary/aromatic N) is 1. The maximum Gasteiger partial charge on any atom is 0.260 e. The molecule has 2 aromatic carbocycles. The maximum atomic E-state index is 13.3. The van der Waals surface area contributed by atoms with Crippen LogP contribution in [0, 0.1) is 0 Å². The quantitative estimate of drug-likeness (QED) is 0.424. The van der Waals surface area contributed by atoms with Crippen molar-refractivity contribution in [1.29, 1.82) is 0 Å². The average Bonchev–Trinajstić information content (AvgIpc) is 3.06. The average molecular weight is 424 g/mol. The fourth-order valence-electron chi connectivity index (χ4n) is 3.92. The highest BCUT2D eigenvalue weighted by Crippen LogP contribution is 2.38. The molecule has 2 aromatic rings. The lowest BCUT2D eigenvalue weighted by atomic mass is 10.0. The lowest BCUT2D eigenvalue weighted by Gasteiger charge is -2.20. The number of ether oxygens (including phenoxy) is 2. The Morgan fingerprint density at radius 2 is 1.90 bits per heavy atom. The minimum Gasteiger partial charge on any atom is -0.497 e. The van der Waals surface area contributed by atoms with Crippen molar-refractivity contribution in [2.75, 3.05) is 38.9 Å². The monoisotopic (exact) mass is 423 g/mol. The molecule has 31 heavy (non-hydrogen) atoms. The first kappa shape index (κ1) is 22.8. The van der Waals surface area contributed by atoms with Crippen LogP contribution in [-0.2, 0) is 4.79 Å². The topological polar surface area (TPSA) is 62.8 Å². The Balaban J connectivity index is 1.80.